The maximum absolute atomic E-state index is 13.1. The minimum atomic E-state index is -1.90. The molecule has 1 rings (SSSR count). The van der Waals surface area contributed by atoms with E-state index in [-0.39, 0.29) is 25.9 Å². The summed E-state index contributed by atoms with van der Waals surface area (Å²) >= 11 is 0. The molecule has 6 unspecified atom stereocenters. The standard InChI is InChI=1S/C63H108O12/c1-4-7-10-13-16-19-22-24-26-27-28-29-31-32-35-37-40-43-46-49-55(64)71-52-54(73-56(65)50-47-44-41-38-34-21-18-15-12-9-6-3)53-72-63-61(59(68)58(67)60(75-63)62(69)70)74-57(66)51-48-45-42-39-36-33-30-25-23-20-17-14-11-8-5-2/h7,10,16,19,24,26,28-29,32,35,54,58-61,63,67-68H,4-6,8-9,11-15,17-18,20-23,25,27,30-31,33-34,36-53H2,1-3H3,(H,69,70)/b10-7-,19-16-,26-24-,29-28-,35-32-. The minimum Gasteiger partial charge on any atom is -0.479 e. The van der Waals surface area contributed by atoms with Gasteiger partial charge in [0.2, 0.25) is 0 Å². The van der Waals surface area contributed by atoms with E-state index in [0.717, 1.165) is 96.3 Å². The van der Waals surface area contributed by atoms with Gasteiger partial charge in [-0.1, -0.05) is 242 Å². The number of rotatable bonds is 51. The van der Waals surface area contributed by atoms with Crippen molar-refractivity contribution in [2.45, 2.75) is 302 Å². The number of aliphatic hydroxyl groups excluding tert-OH is 2. The van der Waals surface area contributed by atoms with Gasteiger partial charge in [-0.3, -0.25) is 14.4 Å². The number of carboxylic acid groups (broad SMARTS) is 1. The lowest BCUT2D eigenvalue weighted by molar-refractivity contribution is -0.301. The van der Waals surface area contributed by atoms with Gasteiger partial charge in [0.1, 0.15) is 18.8 Å². The highest BCUT2D eigenvalue weighted by Gasteiger charge is 2.50. The molecule has 1 heterocycles. The SMILES string of the molecule is CC/C=C\C/C=C\C/C=C\C/C=C\C/C=C\CCCCCC(=O)OCC(COC1OC(C(=O)O)C(O)C(O)C1OC(=O)CCCCCCCCCCCCCCCCC)OC(=O)CCCCCCCCCCCCC. The molecule has 1 aliphatic heterocycles. The summed E-state index contributed by atoms with van der Waals surface area (Å²) < 4.78 is 28.4. The Labute approximate surface area is 456 Å². The van der Waals surface area contributed by atoms with E-state index in [2.05, 4.69) is 81.5 Å². The van der Waals surface area contributed by atoms with Gasteiger partial charge in [0, 0.05) is 19.3 Å². The molecule has 3 N–H and O–H groups in total. The fourth-order valence-corrected chi connectivity index (χ4v) is 8.98. The van der Waals surface area contributed by atoms with Crippen molar-refractivity contribution < 1.29 is 58.2 Å². The molecular weight excluding hydrogens is 949 g/mol. The van der Waals surface area contributed by atoms with Gasteiger partial charge in [0.15, 0.2) is 24.6 Å². The Morgan fingerprint density at radius 3 is 1.28 bits per heavy atom. The van der Waals surface area contributed by atoms with E-state index in [4.69, 9.17) is 23.7 Å². The predicted molar refractivity (Wildman–Crippen MR) is 303 cm³/mol. The minimum absolute atomic E-state index is 0.0608. The highest BCUT2D eigenvalue weighted by atomic mass is 16.7. The lowest BCUT2D eigenvalue weighted by Gasteiger charge is -2.40. The normalized spacial score (nSPS) is 18.5. The molecular formula is C63H108O12. The molecule has 12 nitrogen and oxygen atoms in total. The summed E-state index contributed by atoms with van der Waals surface area (Å²) in [6.07, 6.45) is 50.5. The smallest absolute Gasteiger partial charge is 0.335 e. The fourth-order valence-electron chi connectivity index (χ4n) is 8.98. The van der Waals surface area contributed by atoms with Gasteiger partial charge < -0.3 is 39.0 Å². The Balaban J connectivity index is 2.67. The van der Waals surface area contributed by atoms with Gasteiger partial charge in [0.25, 0.3) is 0 Å². The van der Waals surface area contributed by atoms with E-state index in [0.29, 0.717) is 19.3 Å². The molecule has 0 bridgehead atoms. The van der Waals surface area contributed by atoms with Crippen molar-refractivity contribution in [1.29, 1.82) is 0 Å². The predicted octanol–water partition coefficient (Wildman–Crippen LogP) is 15.6. The van der Waals surface area contributed by atoms with Gasteiger partial charge in [-0.05, 0) is 64.2 Å². The number of ether oxygens (including phenoxy) is 5. The van der Waals surface area contributed by atoms with Gasteiger partial charge in [-0.15, -0.1) is 0 Å². The van der Waals surface area contributed by atoms with Crippen molar-refractivity contribution in [2.75, 3.05) is 13.2 Å². The van der Waals surface area contributed by atoms with Crippen LogP contribution >= 0.6 is 0 Å². The third kappa shape index (κ3) is 41.2. The van der Waals surface area contributed by atoms with Crippen LogP contribution in [0.15, 0.2) is 60.8 Å². The van der Waals surface area contributed by atoms with Crippen LogP contribution < -0.4 is 0 Å². The molecule has 75 heavy (non-hydrogen) atoms. The third-order valence-electron chi connectivity index (χ3n) is 13.6. The summed E-state index contributed by atoms with van der Waals surface area (Å²) in [7, 11) is 0. The van der Waals surface area contributed by atoms with Gasteiger partial charge in [0.05, 0.1) is 6.61 Å². The Morgan fingerprint density at radius 1 is 0.453 bits per heavy atom. The van der Waals surface area contributed by atoms with E-state index in [1.54, 1.807) is 0 Å². The monoisotopic (exact) mass is 1060 g/mol. The fraction of sp³-hybridized carbons (Fsp3) is 0.778. The van der Waals surface area contributed by atoms with Crippen LogP contribution in [-0.2, 0) is 42.9 Å². The number of carboxylic acids is 1. The van der Waals surface area contributed by atoms with E-state index in [1.807, 2.05) is 0 Å². The molecule has 432 valence electrons. The molecule has 1 fully saturated rings. The second-order valence-electron chi connectivity index (χ2n) is 20.6. The quantitative estimate of drug-likeness (QED) is 0.0228. The van der Waals surface area contributed by atoms with Crippen molar-refractivity contribution >= 4 is 23.9 Å². The van der Waals surface area contributed by atoms with Crippen molar-refractivity contribution in [3.05, 3.63) is 60.8 Å². The van der Waals surface area contributed by atoms with Gasteiger partial charge in [-0.2, -0.15) is 0 Å². The first-order valence-corrected chi connectivity index (χ1v) is 30.3. The lowest BCUT2D eigenvalue weighted by Crippen LogP contribution is -2.61. The average molecular weight is 1060 g/mol. The molecule has 6 atom stereocenters. The second-order valence-corrected chi connectivity index (χ2v) is 20.6. The van der Waals surface area contributed by atoms with Crippen LogP contribution in [-0.4, -0.2) is 89.2 Å². The number of esters is 3. The van der Waals surface area contributed by atoms with Gasteiger partial charge >= 0.3 is 23.9 Å². The number of unbranched alkanes of at least 4 members (excludes halogenated alkanes) is 27. The highest BCUT2D eigenvalue weighted by Crippen LogP contribution is 2.26. The number of carbonyl (C=O) groups excluding carboxylic acids is 3. The maximum Gasteiger partial charge on any atom is 0.335 e. The van der Waals surface area contributed by atoms with Crippen LogP contribution in [0.3, 0.4) is 0 Å². The molecule has 0 saturated carbocycles. The summed E-state index contributed by atoms with van der Waals surface area (Å²) in [5, 5.41) is 31.5. The zero-order valence-electron chi connectivity index (χ0n) is 47.5. The maximum atomic E-state index is 13.1. The topological polar surface area (TPSA) is 175 Å². The van der Waals surface area contributed by atoms with Crippen molar-refractivity contribution in [2.24, 2.45) is 0 Å². The summed E-state index contributed by atoms with van der Waals surface area (Å²) in [4.78, 5) is 51.1. The molecule has 0 aromatic heterocycles. The second kappa shape index (κ2) is 51.2. The van der Waals surface area contributed by atoms with E-state index in [9.17, 15) is 34.5 Å². The lowest BCUT2D eigenvalue weighted by atomic mass is 9.98. The molecule has 0 aliphatic carbocycles. The number of hydrogen-bond acceptors (Lipinski definition) is 11. The molecule has 1 saturated heterocycles. The van der Waals surface area contributed by atoms with E-state index < -0.39 is 67.3 Å². The van der Waals surface area contributed by atoms with Crippen LogP contribution in [0.25, 0.3) is 0 Å². The zero-order chi connectivity index (χ0) is 54.7. The first-order chi connectivity index (χ1) is 36.6. The van der Waals surface area contributed by atoms with Crippen LogP contribution in [0, 0.1) is 0 Å². The largest absolute Gasteiger partial charge is 0.479 e. The molecule has 1 aliphatic rings. The van der Waals surface area contributed by atoms with Crippen LogP contribution in [0.4, 0.5) is 0 Å². The van der Waals surface area contributed by atoms with Crippen molar-refractivity contribution in [3.63, 3.8) is 0 Å². The summed E-state index contributed by atoms with van der Waals surface area (Å²) in [5.41, 5.74) is 0. The molecule has 0 spiro atoms. The Bertz CT molecular complexity index is 1540. The highest BCUT2D eigenvalue weighted by molar-refractivity contribution is 5.74. The van der Waals surface area contributed by atoms with Crippen LogP contribution in [0.2, 0.25) is 0 Å². The first-order valence-electron chi connectivity index (χ1n) is 30.3. The van der Waals surface area contributed by atoms with Crippen LogP contribution in [0.1, 0.15) is 265 Å². The number of carbonyl (C=O) groups is 4. The van der Waals surface area contributed by atoms with Gasteiger partial charge in [-0.25, -0.2) is 4.79 Å². The van der Waals surface area contributed by atoms with Crippen molar-refractivity contribution in [3.8, 4) is 0 Å². The molecule has 12 heteroatoms. The van der Waals surface area contributed by atoms with Crippen LogP contribution in [0.5, 0.6) is 0 Å². The molecule has 0 amide bonds. The average Bonchev–Trinajstić information content (AvgIpc) is 3.39. The third-order valence-corrected chi connectivity index (χ3v) is 13.6. The molecule has 0 radical (unpaired) electrons. The summed E-state index contributed by atoms with van der Waals surface area (Å²) in [6.45, 7) is 5.86. The van der Waals surface area contributed by atoms with Crippen molar-refractivity contribution in [1.82, 2.24) is 0 Å². The number of allylic oxidation sites excluding steroid dienone is 10. The Morgan fingerprint density at radius 2 is 0.840 bits per heavy atom. The number of aliphatic hydroxyl groups is 2. The Kier molecular flexibility index (Phi) is 47.4. The Hall–Kier alpha value is -3.58. The zero-order valence-corrected chi connectivity index (χ0v) is 47.5. The summed E-state index contributed by atoms with van der Waals surface area (Å²) in [5.74, 6) is -3.14. The molecule has 0 aromatic carbocycles. The van der Waals surface area contributed by atoms with E-state index >= 15 is 0 Å². The first kappa shape index (κ1) is 69.4. The number of aliphatic carboxylic acids is 1. The molecule has 0 aromatic rings. The van der Waals surface area contributed by atoms with E-state index in [1.165, 1.54) is 109 Å². The summed E-state index contributed by atoms with van der Waals surface area (Å²) in [6, 6.07) is 0. The number of hydrogen-bond donors (Lipinski definition) is 3.